The lowest BCUT2D eigenvalue weighted by Gasteiger charge is -2.29. The topological polar surface area (TPSA) is 75.7 Å². The van der Waals surface area contributed by atoms with E-state index in [4.69, 9.17) is 4.74 Å². The number of ether oxygens (including phenoxy) is 1. The minimum atomic E-state index is -0.780. The van der Waals surface area contributed by atoms with Gasteiger partial charge in [0.15, 0.2) is 0 Å². The molecule has 0 aromatic heterocycles. The van der Waals surface area contributed by atoms with Crippen LogP contribution in [-0.4, -0.2) is 25.7 Å². The Bertz CT molecular complexity index is 1410. The molecule has 4 rings (SSSR count). The Labute approximate surface area is 217 Å². The van der Waals surface area contributed by atoms with Crippen LogP contribution in [0, 0.1) is 0 Å². The fraction of sp³-hybridized carbons (Fsp3) is 0.323. The zero-order chi connectivity index (χ0) is 26.2. The highest BCUT2D eigenvalue weighted by Gasteiger charge is 2.30. The van der Waals surface area contributed by atoms with Gasteiger partial charge in [-0.15, -0.1) is 0 Å². The smallest absolute Gasteiger partial charge is 0.328 e. The summed E-state index contributed by atoms with van der Waals surface area (Å²) < 4.78 is 5.01. The van der Waals surface area contributed by atoms with Gasteiger partial charge >= 0.3 is 5.97 Å². The molecule has 1 N–H and O–H groups in total. The number of benzene rings is 3. The first kappa shape index (κ1) is 26.1. The maximum atomic E-state index is 12.9. The van der Waals surface area contributed by atoms with Crippen molar-refractivity contribution in [2.24, 2.45) is 0 Å². The fourth-order valence-electron chi connectivity index (χ4n) is 4.73. The monoisotopic (exact) mass is 498 g/mol. The molecule has 192 valence electrons. The Morgan fingerprint density at radius 1 is 0.865 bits per heavy atom. The summed E-state index contributed by atoms with van der Waals surface area (Å²) in [6.07, 6.45) is 4.51. The van der Waals surface area contributed by atoms with Crippen molar-refractivity contribution in [1.29, 1.82) is 0 Å². The zero-order valence-electron chi connectivity index (χ0n) is 21.5. The molecule has 0 spiro atoms. The van der Waals surface area contributed by atoms with Crippen molar-refractivity contribution >= 4 is 28.1 Å². The van der Waals surface area contributed by atoms with E-state index >= 15 is 0 Å². The second-order valence-electron chi connectivity index (χ2n) is 9.46. The first-order valence-corrected chi connectivity index (χ1v) is 13.0. The van der Waals surface area contributed by atoms with Gasteiger partial charge < -0.3 is 15.0 Å². The number of hydrogen-bond donors (Lipinski definition) is 1. The van der Waals surface area contributed by atoms with Crippen LogP contribution in [0.4, 0.5) is 11.4 Å². The van der Waals surface area contributed by atoms with Crippen LogP contribution in [0.3, 0.4) is 0 Å². The lowest BCUT2D eigenvalue weighted by Crippen LogP contribution is -2.46. The largest absolute Gasteiger partial charge is 0.467 e. The summed E-state index contributed by atoms with van der Waals surface area (Å²) in [7, 11) is 1.32. The number of rotatable bonds is 13. The van der Waals surface area contributed by atoms with Crippen LogP contribution in [0.2, 0.25) is 0 Å². The van der Waals surface area contributed by atoms with Gasteiger partial charge in [0.05, 0.1) is 7.11 Å². The molecule has 1 atom stereocenters. The van der Waals surface area contributed by atoms with Crippen LogP contribution >= 0.6 is 0 Å². The quantitative estimate of drug-likeness (QED) is 0.155. The minimum absolute atomic E-state index is 0.201. The highest BCUT2D eigenvalue weighted by molar-refractivity contribution is 5.85. The molecule has 0 radical (unpaired) electrons. The van der Waals surface area contributed by atoms with Crippen molar-refractivity contribution in [3.63, 3.8) is 0 Å². The van der Waals surface area contributed by atoms with Crippen LogP contribution < -0.4 is 21.1 Å². The number of anilines is 2. The van der Waals surface area contributed by atoms with E-state index in [1.54, 1.807) is 0 Å². The molecule has 0 aliphatic carbocycles. The van der Waals surface area contributed by atoms with E-state index in [9.17, 15) is 14.4 Å². The van der Waals surface area contributed by atoms with E-state index in [-0.39, 0.29) is 5.69 Å². The summed E-state index contributed by atoms with van der Waals surface area (Å²) in [5.74, 6) is -0.480. The zero-order valence-corrected chi connectivity index (χ0v) is 21.5. The molecule has 4 aromatic rings. The van der Waals surface area contributed by atoms with Crippen molar-refractivity contribution < 1.29 is 9.53 Å². The third-order valence-corrected chi connectivity index (χ3v) is 6.76. The Morgan fingerprint density at radius 2 is 1.59 bits per heavy atom. The second kappa shape index (κ2) is 12.3. The lowest BCUT2D eigenvalue weighted by atomic mass is 10.0. The number of carbonyl (C=O) groups excluding carboxylic acids is 1. The van der Waals surface area contributed by atoms with Crippen molar-refractivity contribution in [3.8, 4) is 0 Å². The van der Waals surface area contributed by atoms with Gasteiger partial charge in [-0.2, -0.15) is 0 Å². The summed E-state index contributed by atoms with van der Waals surface area (Å²) in [5, 5.41) is 5.35. The third-order valence-electron chi connectivity index (χ3n) is 6.76. The molecule has 0 aliphatic rings. The van der Waals surface area contributed by atoms with Gasteiger partial charge in [0.1, 0.15) is 17.4 Å². The van der Waals surface area contributed by atoms with Gasteiger partial charge in [0.2, 0.25) is 0 Å². The molecular weight excluding hydrogens is 464 g/mol. The summed E-state index contributed by atoms with van der Waals surface area (Å²) in [4.78, 5) is 40.2. The number of methoxy groups -OCH3 is 1. The minimum Gasteiger partial charge on any atom is -0.467 e. The molecule has 0 heterocycles. The number of fused-ring (bicyclic) bond motifs is 1. The van der Waals surface area contributed by atoms with Crippen molar-refractivity contribution in [1.82, 2.24) is 0 Å². The van der Waals surface area contributed by atoms with Gasteiger partial charge in [-0.25, -0.2) is 4.79 Å². The molecule has 4 aromatic carbocycles. The summed E-state index contributed by atoms with van der Waals surface area (Å²) in [5.41, 5.74) is 1.45. The molecule has 6 nitrogen and oxygen atoms in total. The highest BCUT2D eigenvalue weighted by Crippen LogP contribution is 2.26. The highest BCUT2D eigenvalue weighted by atomic mass is 16.5. The lowest BCUT2D eigenvalue weighted by molar-refractivity contribution is -0.141. The van der Waals surface area contributed by atoms with Crippen LogP contribution in [0.25, 0.3) is 10.8 Å². The Morgan fingerprint density at radius 3 is 2.32 bits per heavy atom. The van der Waals surface area contributed by atoms with E-state index in [0.29, 0.717) is 25.2 Å². The van der Waals surface area contributed by atoms with Gasteiger partial charge in [0, 0.05) is 19.5 Å². The molecule has 1 unspecified atom stereocenters. The Balaban J connectivity index is 1.62. The molecular formula is C31H34N2O4. The maximum Gasteiger partial charge on any atom is 0.328 e. The predicted octanol–water partition coefficient (Wildman–Crippen LogP) is 5.22. The molecule has 0 bridgehead atoms. The summed E-state index contributed by atoms with van der Waals surface area (Å²) >= 11 is 0. The standard InChI is InChI=1S/C31H34N2O4/c1-3-4-5-11-18-33(21-23-16-17-24-14-9-10-15-25(24)19-23)28-27(29(34)30(28)35)32-26(31(36)37-2)20-22-12-7-6-8-13-22/h6-10,12-17,19,26,32H,3-5,11,18,20-21H2,1-2H3. The first-order valence-electron chi connectivity index (χ1n) is 13.0. The molecule has 0 aliphatic heterocycles. The molecule has 0 fully saturated rings. The number of nitrogens with one attached hydrogen (secondary N) is 1. The van der Waals surface area contributed by atoms with Crippen LogP contribution in [0.5, 0.6) is 0 Å². The Kier molecular flexibility index (Phi) is 8.72. The number of nitrogens with zero attached hydrogens (tertiary/aromatic N) is 1. The van der Waals surface area contributed by atoms with E-state index in [2.05, 4.69) is 42.6 Å². The van der Waals surface area contributed by atoms with Gasteiger partial charge in [-0.05, 0) is 34.4 Å². The molecule has 37 heavy (non-hydrogen) atoms. The fourth-order valence-corrected chi connectivity index (χ4v) is 4.73. The van der Waals surface area contributed by atoms with E-state index in [1.807, 2.05) is 47.4 Å². The van der Waals surface area contributed by atoms with Gasteiger partial charge in [0.25, 0.3) is 10.9 Å². The predicted molar refractivity (Wildman–Crippen MR) is 150 cm³/mol. The van der Waals surface area contributed by atoms with Crippen LogP contribution in [-0.2, 0) is 22.5 Å². The van der Waals surface area contributed by atoms with Gasteiger partial charge in [-0.1, -0.05) is 92.9 Å². The maximum absolute atomic E-state index is 12.9. The van der Waals surface area contributed by atoms with Crippen molar-refractivity contribution in [2.45, 2.75) is 51.6 Å². The van der Waals surface area contributed by atoms with Crippen molar-refractivity contribution in [2.75, 3.05) is 23.9 Å². The number of unbranched alkanes of at least 4 members (excludes halogenated alkanes) is 3. The Hall–Kier alpha value is -3.93. The molecule has 6 heteroatoms. The summed E-state index contributed by atoms with van der Waals surface area (Å²) in [6.45, 7) is 3.30. The average Bonchev–Trinajstić information content (AvgIpc) is 2.94. The number of carbonyl (C=O) groups is 1. The third kappa shape index (κ3) is 6.26. The SMILES string of the molecule is CCCCCCN(Cc1ccc2ccccc2c1)c1c(NC(Cc2ccccc2)C(=O)OC)c(=O)c1=O. The molecule has 0 saturated carbocycles. The van der Waals surface area contributed by atoms with Crippen LogP contribution in [0.1, 0.15) is 43.7 Å². The normalized spacial score (nSPS) is 11.9. The summed E-state index contributed by atoms with van der Waals surface area (Å²) in [6, 6.07) is 23.2. The van der Waals surface area contributed by atoms with E-state index in [0.717, 1.165) is 47.6 Å². The van der Waals surface area contributed by atoms with Crippen LogP contribution in [0.15, 0.2) is 82.4 Å². The average molecular weight is 499 g/mol. The van der Waals surface area contributed by atoms with E-state index < -0.39 is 22.9 Å². The first-order chi connectivity index (χ1) is 18.0. The second-order valence-corrected chi connectivity index (χ2v) is 9.46. The van der Waals surface area contributed by atoms with Gasteiger partial charge in [-0.3, -0.25) is 9.59 Å². The number of hydrogen-bond acceptors (Lipinski definition) is 6. The van der Waals surface area contributed by atoms with Crippen molar-refractivity contribution in [3.05, 3.63) is 104 Å². The van der Waals surface area contributed by atoms with E-state index in [1.165, 1.54) is 7.11 Å². The molecule has 0 amide bonds. The number of esters is 1. The molecule has 0 saturated heterocycles.